The zero-order chi connectivity index (χ0) is 19.1. The van der Waals surface area contributed by atoms with Crippen molar-refractivity contribution in [1.29, 1.82) is 0 Å². The van der Waals surface area contributed by atoms with Gasteiger partial charge in [-0.2, -0.15) is 10.1 Å². The molecule has 0 unspecified atom stereocenters. The van der Waals surface area contributed by atoms with Crippen LogP contribution >= 0.6 is 0 Å². The SMILES string of the molecule is CCCN(CCC)c1nncc(N2CCN(c3ccc(OC)cc3)CC2)n1. The van der Waals surface area contributed by atoms with Crippen LogP contribution in [0.25, 0.3) is 0 Å². The number of hydrogen-bond acceptors (Lipinski definition) is 7. The Morgan fingerprint density at radius 1 is 0.963 bits per heavy atom. The summed E-state index contributed by atoms with van der Waals surface area (Å²) in [6.45, 7) is 10.0. The van der Waals surface area contributed by atoms with Crippen molar-refractivity contribution >= 4 is 17.5 Å². The topological polar surface area (TPSA) is 57.6 Å². The molecule has 0 radical (unpaired) electrons. The van der Waals surface area contributed by atoms with Crippen LogP contribution in [0.2, 0.25) is 0 Å². The van der Waals surface area contributed by atoms with E-state index in [1.165, 1.54) is 5.69 Å². The van der Waals surface area contributed by atoms with Crippen LogP contribution in [0.4, 0.5) is 17.5 Å². The first-order chi connectivity index (χ1) is 13.2. The number of aromatic nitrogens is 3. The van der Waals surface area contributed by atoms with Crippen LogP contribution in [-0.4, -0.2) is 61.6 Å². The molecule has 0 bridgehead atoms. The molecule has 1 aliphatic rings. The molecule has 0 aliphatic carbocycles. The predicted molar refractivity (Wildman–Crippen MR) is 110 cm³/mol. The summed E-state index contributed by atoms with van der Waals surface area (Å²) in [4.78, 5) is 11.7. The highest BCUT2D eigenvalue weighted by atomic mass is 16.5. The molecule has 1 saturated heterocycles. The van der Waals surface area contributed by atoms with Gasteiger partial charge in [-0.25, -0.2) is 0 Å². The summed E-state index contributed by atoms with van der Waals surface area (Å²) in [5.74, 6) is 2.56. The number of hydrogen-bond donors (Lipinski definition) is 0. The van der Waals surface area contributed by atoms with Crippen molar-refractivity contribution < 1.29 is 4.74 Å². The average Bonchev–Trinajstić information content (AvgIpc) is 2.74. The Morgan fingerprint density at radius 2 is 1.59 bits per heavy atom. The van der Waals surface area contributed by atoms with Crippen molar-refractivity contribution in [3.8, 4) is 5.75 Å². The maximum absolute atomic E-state index is 5.24. The Labute approximate surface area is 162 Å². The number of methoxy groups -OCH3 is 1. The molecule has 0 spiro atoms. The van der Waals surface area contributed by atoms with Crippen molar-refractivity contribution in [1.82, 2.24) is 15.2 Å². The van der Waals surface area contributed by atoms with Gasteiger partial charge in [-0.3, -0.25) is 0 Å². The number of anilines is 3. The molecule has 1 aromatic heterocycles. The molecule has 27 heavy (non-hydrogen) atoms. The molecule has 146 valence electrons. The summed E-state index contributed by atoms with van der Waals surface area (Å²) in [6.07, 6.45) is 3.94. The van der Waals surface area contributed by atoms with E-state index in [0.717, 1.165) is 69.6 Å². The van der Waals surface area contributed by atoms with Crippen LogP contribution in [0.1, 0.15) is 26.7 Å². The fourth-order valence-electron chi connectivity index (χ4n) is 3.41. The van der Waals surface area contributed by atoms with E-state index < -0.39 is 0 Å². The van der Waals surface area contributed by atoms with Crippen molar-refractivity contribution in [2.75, 3.05) is 61.1 Å². The van der Waals surface area contributed by atoms with E-state index in [1.807, 2.05) is 12.1 Å². The number of rotatable bonds is 8. The Balaban J connectivity index is 1.64. The first-order valence-electron chi connectivity index (χ1n) is 9.83. The van der Waals surface area contributed by atoms with Gasteiger partial charge in [-0.05, 0) is 37.1 Å². The Hall–Kier alpha value is -2.57. The van der Waals surface area contributed by atoms with Crippen molar-refractivity contribution in [2.45, 2.75) is 26.7 Å². The maximum Gasteiger partial charge on any atom is 0.247 e. The Kier molecular flexibility index (Phi) is 6.68. The molecule has 7 nitrogen and oxygen atoms in total. The number of benzene rings is 1. The van der Waals surface area contributed by atoms with E-state index in [9.17, 15) is 0 Å². The van der Waals surface area contributed by atoms with Crippen molar-refractivity contribution in [3.05, 3.63) is 30.5 Å². The zero-order valence-corrected chi connectivity index (χ0v) is 16.6. The normalized spacial score (nSPS) is 14.3. The van der Waals surface area contributed by atoms with Gasteiger partial charge in [-0.15, -0.1) is 5.10 Å². The number of ether oxygens (including phenoxy) is 1. The fraction of sp³-hybridized carbons (Fsp3) is 0.550. The third-order valence-electron chi connectivity index (χ3n) is 4.85. The molecule has 1 aliphatic heterocycles. The minimum atomic E-state index is 0.744. The highest BCUT2D eigenvalue weighted by molar-refractivity contribution is 5.51. The predicted octanol–water partition coefficient (Wildman–Crippen LogP) is 2.83. The van der Waals surface area contributed by atoms with Gasteiger partial charge in [0.1, 0.15) is 5.75 Å². The molecule has 2 aromatic rings. The summed E-state index contributed by atoms with van der Waals surface area (Å²) in [6, 6.07) is 8.26. The molecular formula is C20H30N6O. The van der Waals surface area contributed by atoms with E-state index in [0.29, 0.717) is 0 Å². The van der Waals surface area contributed by atoms with Crippen LogP contribution in [0.5, 0.6) is 5.75 Å². The van der Waals surface area contributed by atoms with Crippen molar-refractivity contribution in [2.24, 2.45) is 0 Å². The average molecular weight is 371 g/mol. The molecule has 0 saturated carbocycles. The van der Waals surface area contributed by atoms with Gasteiger partial charge in [-0.1, -0.05) is 13.8 Å². The third-order valence-corrected chi connectivity index (χ3v) is 4.85. The largest absolute Gasteiger partial charge is 0.497 e. The molecular weight excluding hydrogens is 340 g/mol. The van der Waals surface area contributed by atoms with Crippen LogP contribution < -0.4 is 19.4 Å². The summed E-state index contributed by atoms with van der Waals surface area (Å²) < 4.78 is 5.24. The minimum Gasteiger partial charge on any atom is -0.497 e. The monoisotopic (exact) mass is 370 g/mol. The second kappa shape index (κ2) is 9.39. The van der Waals surface area contributed by atoms with Crippen LogP contribution in [0, 0.1) is 0 Å². The third kappa shape index (κ3) is 4.78. The zero-order valence-electron chi connectivity index (χ0n) is 16.6. The lowest BCUT2D eigenvalue weighted by atomic mass is 10.2. The minimum absolute atomic E-state index is 0.744. The molecule has 2 heterocycles. The lowest BCUT2D eigenvalue weighted by Crippen LogP contribution is -2.47. The van der Waals surface area contributed by atoms with Crippen LogP contribution in [0.3, 0.4) is 0 Å². The van der Waals surface area contributed by atoms with E-state index in [1.54, 1.807) is 13.3 Å². The van der Waals surface area contributed by atoms with E-state index in [4.69, 9.17) is 9.72 Å². The smallest absolute Gasteiger partial charge is 0.247 e. The van der Waals surface area contributed by atoms with Crippen molar-refractivity contribution in [3.63, 3.8) is 0 Å². The summed E-state index contributed by atoms with van der Waals surface area (Å²) in [5.41, 5.74) is 1.23. The Bertz CT molecular complexity index is 694. The van der Waals surface area contributed by atoms with Gasteiger partial charge in [0.25, 0.3) is 0 Å². The summed E-state index contributed by atoms with van der Waals surface area (Å²) >= 11 is 0. The van der Waals surface area contributed by atoms with Gasteiger partial charge in [0, 0.05) is 45.0 Å². The molecule has 3 rings (SSSR count). The first-order valence-corrected chi connectivity index (χ1v) is 9.83. The standard InChI is InChI=1S/C20H30N6O/c1-4-10-26(11-5-2)20-22-19(16-21-23-20)25-14-12-24(13-15-25)17-6-8-18(27-3)9-7-17/h6-9,16H,4-5,10-15H2,1-3H3. The molecule has 0 N–H and O–H groups in total. The van der Waals surface area contributed by atoms with Gasteiger partial charge in [0.2, 0.25) is 5.95 Å². The van der Waals surface area contributed by atoms with E-state index >= 15 is 0 Å². The molecule has 0 amide bonds. The highest BCUT2D eigenvalue weighted by Crippen LogP contribution is 2.22. The van der Waals surface area contributed by atoms with E-state index in [2.05, 4.69) is 50.9 Å². The maximum atomic E-state index is 5.24. The van der Waals surface area contributed by atoms with Crippen LogP contribution in [0.15, 0.2) is 30.5 Å². The van der Waals surface area contributed by atoms with Gasteiger partial charge in [0.15, 0.2) is 5.82 Å². The Morgan fingerprint density at radius 3 is 2.19 bits per heavy atom. The molecule has 1 fully saturated rings. The number of piperazine rings is 1. The van der Waals surface area contributed by atoms with Crippen LogP contribution in [-0.2, 0) is 0 Å². The molecule has 1 aromatic carbocycles. The quantitative estimate of drug-likeness (QED) is 0.708. The fourth-order valence-corrected chi connectivity index (χ4v) is 3.41. The highest BCUT2D eigenvalue weighted by Gasteiger charge is 2.20. The lowest BCUT2D eigenvalue weighted by molar-refractivity contribution is 0.415. The summed E-state index contributed by atoms with van der Waals surface area (Å²) in [7, 11) is 1.69. The first kappa shape index (κ1) is 19.2. The second-order valence-corrected chi connectivity index (χ2v) is 6.77. The molecule has 0 atom stereocenters. The van der Waals surface area contributed by atoms with Gasteiger partial charge < -0.3 is 19.4 Å². The van der Waals surface area contributed by atoms with E-state index in [-0.39, 0.29) is 0 Å². The van der Waals surface area contributed by atoms with Gasteiger partial charge in [0.05, 0.1) is 13.3 Å². The van der Waals surface area contributed by atoms with Gasteiger partial charge >= 0.3 is 0 Å². The molecule has 7 heteroatoms. The number of nitrogens with zero attached hydrogens (tertiary/aromatic N) is 6. The summed E-state index contributed by atoms with van der Waals surface area (Å²) in [5, 5.41) is 8.48. The second-order valence-electron chi connectivity index (χ2n) is 6.77. The lowest BCUT2D eigenvalue weighted by Gasteiger charge is -2.36.